The smallest absolute Gasteiger partial charge is 0.248 e. The molecule has 0 spiro atoms. The van der Waals surface area contributed by atoms with E-state index in [2.05, 4.69) is 5.32 Å². The molecule has 1 atom stereocenters. The number of carbonyl (C=O) groups is 1. The Morgan fingerprint density at radius 2 is 1.89 bits per heavy atom. The lowest BCUT2D eigenvalue weighted by atomic mass is 10.1. The second-order valence-electron chi connectivity index (χ2n) is 5.80. The van der Waals surface area contributed by atoms with Crippen molar-refractivity contribution in [1.82, 2.24) is 0 Å². The molecule has 1 unspecified atom stereocenters. The summed E-state index contributed by atoms with van der Waals surface area (Å²) in [4.78, 5) is 12.8. The first-order chi connectivity index (χ1) is 12.7. The van der Waals surface area contributed by atoms with Crippen LogP contribution < -0.4 is 14.4 Å². The Bertz CT molecular complexity index is 935. The molecule has 0 heterocycles. The molecule has 6 nitrogen and oxygen atoms in total. The number of carbonyl (C=O) groups excluding carboxylic acids is 1. The molecule has 0 radical (unpaired) electrons. The highest BCUT2D eigenvalue weighted by Crippen LogP contribution is 2.28. The molecule has 146 valence electrons. The van der Waals surface area contributed by atoms with Crippen LogP contribution in [-0.4, -0.2) is 33.7 Å². The van der Waals surface area contributed by atoms with Gasteiger partial charge in [-0.1, -0.05) is 36.2 Å². The SMILES string of the molecule is CCC(C(=O)Nc1ccc(Cl)c(Cl)c1)N(c1cccc(OC)c1)S(C)(=O)=O. The van der Waals surface area contributed by atoms with Crippen molar-refractivity contribution in [3.05, 3.63) is 52.5 Å². The van der Waals surface area contributed by atoms with Crippen molar-refractivity contribution in [3.8, 4) is 5.75 Å². The summed E-state index contributed by atoms with van der Waals surface area (Å²) in [7, 11) is -2.25. The van der Waals surface area contributed by atoms with E-state index in [4.69, 9.17) is 27.9 Å². The van der Waals surface area contributed by atoms with Gasteiger partial charge in [-0.15, -0.1) is 0 Å². The third-order valence-electron chi connectivity index (χ3n) is 3.82. The average molecular weight is 431 g/mol. The fourth-order valence-electron chi connectivity index (χ4n) is 2.61. The van der Waals surface area contributed by atoms with Gasteiger partial charge in [-0.2, -0.15) is 0 Å². The number of amides is 1. The van der Waals surface area contributed by atoms with Crippen LogP contribution >= 0.6 is 23.2 Å². The average Bonchev–Trinajstić information content (AvgIpc) is 2.61. The van der Waals surface area contributed by atoms with Crippen molar-refractivity contribution < 1.29 is 17.9 Å². The highest BCUT2D eigenvalue weighted by Gasteiger charge is 2.31. The molecule has 0 aliphatic rings. The zero-order valence-corrected chi connectivity index (χ0v) is 17.4. The van der Waals surface area contributed by atoms with Gasteiger partial charge >= 0.3 is 0 Å². The van der Waals surface area contributed by atoms with Gasteiger partial charge in [-0.25, -0.2) is 8.42 Å². The number of hydrogen-bond donors (Lipinski definition) is 1. The minimum Gasteiger partial charge on any atom is -0.497 e. The lowest BCUT2D eigenvalue weighted by Gasteiger charge is -2.30. The first kappa shape index (κ1) is 21.3. The third kappa shape index (κ3) is 5.28. The number of halogens is 2. The van der Waals surface area contributed by atoms with Crippen LogP contribution in [0.25, 0.3) is 0 Å². The van der Waals surface area contributed by atoms with Crippen LogP contribution in [0, 0.1) is 0 Å². The van der Waals surface area contributed by atoms with Crippen molar-refractivity contribution in [3.63, 3.8) is 0 Å². The van der Waals surface area contributed by atoms with Gasteiger partial charge in [0.1, 0.15) is 11.8 Å². The quantitative estimate of drug-likeness (QED) is 0.714. The molecule has 2 aromatic rings. The van der Waals surface area contributed by atoms with Crippen LogP contribution in [0.4, 0.5) is 11.4 Å². The van der Waals surface area contributed by atoms with Crippen molar-refractivity contribution >= 4 is 50.5 Å². The van der Waals surface area contributed by atoms with Crippen LogP contribution in [0.3, 0.4) is 0 Å². The molecule has 0 aliphatic heterocycles. The summed E-state index contributed by atoms with van der Waals surface area (Å²) in [5, 5.41) is 3.34. The van der Waals surface area contributed by atoms with E-state index in [1.165, 1.54) is 13.2 Å². The summed E-state index contributed by atoms with van der Waals surface area (Å²) in [5.41, 5.74) is 0.764. The van der Waals surface area contributed by atoms with E-state index in [0.717, 1.165) is 10.6 Å². The predicted molar refractivity (Wildman–Crippen MR) is 109 cm³/mol. The largest absolute Gasteiger partial charge is 0.497 e. The molecule has 0 aliphatic carbocycles. The van der Waals surface area contributed by atoms with E-state index in [1.807, 2.05) is 0 Å². The number of ether oxygens (including phenoxy) is 1. The lowest BCUT2D eigenvalue weighted by Crippen LogP contribution is -2.47. The van der Waals surface area contributed by atoms with E-state index in [1.54, 1.807) is 43.3 Å². The number of sulfonamides is 1. The highest BCUT2D eigenvalue weighted by molar-refractivity contribution is 7.92. The summed E-state index contributed by atoms with van der Waals surface area (Å²) >= 11 is 11.9. The van der Waals surface area contributed by atoms with Crippen molar-refractivity contribution in [2.45, 2.75) is 19.4 Å². The normalized spacial score (nSPS) is 12.3. The topological polar surface area (TPSA) is 75.7 Å². The molecule has 0 aromatic heterocycles. The zero-order valence-electron chi connectivity index (χ0n) is 15.1. The summed E-state index contributed by atoms with van der Waals surface area (Å²) in [6.45, 7) is 1.73. The molecule has 0 saturated carbocycles. The molecule has 27 heavy (non-hydrogen) atoms. The number of rotatable bonds is 7. The molecular weight excluding hydrogens is 411 g/mol. The minimum atomic E-state index is -3.74. The maximum absolute atomic E-state index is 12.8. The van der Waals surface area contributed by atoms with Gasteiger partial charge in [0.15, 0.2) is 0 Å². The van der Waals surface area contributed by atoms with Crippen LogP contribution in [0.5, 0.6) is 5.75 Å². The van der Waals surface area contributed by atoms with Gasteiger partial charge in [0.2, 0.25) is 15.9 Å². The molecule has 2 rings (SSSR count). The first-order valence-corrected chi connectivity index (χ1v) is 10.7. The number of anilines is 2. The molecule has 2 aromatic carbocycles. The number of nitrogens with zero attached hydrogens (tertiary/aromatic N) is 1. The Kier molecular flexibility index (Phi) is 6.97. The van der Waals surface area contributed by atoms with Gasteiger partial charge in [-0.05, 0) is 36.8 Å². The van der Waals surface area contributed by atoms with Crippen LogP contribution in [0.1, 0.15) is 13.3 Å². The Labute approximate surface area is 169 Å². The molecule has 0 fully saturated rings. The number of benzene rings is 2. The maximum Gasteiger partial charge on any atom is 0.248 e. The summed E-state index contributed by atoms with van der Waals surface area (Å²) < 4.78 is 31.2. The molecule has 1 amide bonds. The fourth-order valence-corrected chi connectivity index (χ4v) is 4.11. The second-order valence-corrected chi connectivity index (χ2v) is 8.48. The summed E-state index contributed by atoms with van der Waals surface area (Å²) in [6.07, 6.45) is 1.32. The van der Waals surface area contributed by atoms with E-state index < -0.39 is 22.0 Å². The first-order valence-electron chi connectivity index (χ1n) is 8.06. The monoisotopic (exact) mass is 430 g/mol. The van der Waals surface area contributed by atoms with Crippen LogP contribution in [-0.2, 0) is 14.8 Å². The number of hydrogen-bond acceptors (Lipinski definition) is 4. The summed E-state index contributed by atoms with van der Waals surface area (Å²) in [6, 6.07) is 10.2. The third-order valence-corrected chi connectivity index (χ3v) is 5.74. The lowest BCUT2D eigenvalue weighted by molar-refractivity contribution is -0.117. The van der Waals surface area contributed by atoms with E-state index in [0.29, 0.717) is 22.1 Å². The molecule has 1 N–H and O–H groups in total. The van der Waals surface area contributed by atoms with Crippen molar-refractivity contribution in [2.75, 3.05) is 23.0 Å². The Balaban J connectivity index is 2.39. The number of methoxy groups -OCH3 is 1. The number of nitrogens with one attached hydrogen (secondary N) is 1. The van der Waals surface area contributed by atoms with E-state index >= 15 is 0 Å². The van der Waals surface area contributed by atoms with Gasteiger partial charge in [0.25, 0.3) is 0 Å². The second kappa shape index (κ2) is 8.82. The molecular formula is C18H20Cl2N2O4S. The van der Waals surface area contributed by atoms with Crippen molar-refractivity contribution in [1.29, 1.82) is 0 Å². The van der Waals surface area contributed by atoms with Gasteiger partial charge in [-0.3, -0.25) is 9.10 Å². The zero-order chi connectivity index (χ0) is 20.2. The molecule has 0 bridgehead atoms. The van der Waals surface area contributed by atoms with E-state index in [9.17, 15) is 13.2 Å². The Hall–Kier alpha value is -1.96. The van der Waals surface area contributed by atoms with E-state index in [-0.39, 0.29) is 11.4 Å². The van der Waals surface area contributed by atoms with Crippen LogP contribution in [0.2, 0.25) is 10.0 Å². The fraction of sp³-hybridized carbons (Fsp3) is 0.278. The van der Waals surface area contributed by atoms with Crippen molar-refractivity contribution in [2.24, 2.45) is 0 Å². The standard InChI is InChI=1S/C18H20Cl2N2O4S/c1-4-17(18(23)21-12-8-9-15(19)16(20)10-12)22(27(3,24)25)13-6-5-7-14(11-13)26-2/h5-11,17H,4H2,1-3H3,(H,21,23). The highest BCUT2D eigenvalue weighted by atomic mass is 35.5. The van der Waals surface area contributed by atoms with Gasteiger partial charge in [0.05, 0.1) is 29.1 Å². The Morgan fingerprint density at radius 1 is 1.19 bits per heavy atom. The van der Waals surface area contributed by atoms with Crippen LogP contribution in [0.15, 0.2) is 42.5 Å². The maximum atomic E-state index is 12.8. The molecule has 0 saturated heterocycles. The van der Waals surface area contributed by atoms with Gasteiger partial charge in [0, 0.05) is 11.8 Å². The minimum absolute atomic E-state index is 0.261. The predicted octanol–water partition coefficient (Wildman–Crippen LogP) is 4.19. The molecule has 9 heteroatoms. The summed E-state index contributed by atoms with van der Waals surface area (Å²) in [5.74, 6) is 0.00466. The van der Waals surface area contributed by atoms with Gasteiger partial charge < -0.3 is 10.1 Å². The Morgan fingerprint density at radius 3 is 2.44 bits per heavy atom.